The Balaban J connectivity index is 2.19. The number of methoxy groups -OCH3 is 1. The molecule has 8 heteroatoms. The summed E-state index contributed by atoms with van der Waals surface area (Å²) in [7, 11) is 1.54. The fraction of sp³-hybridized carbons (Fsp3) is 0.312. The molecule has 2 aromatic rings. The van der Waals surface area contributed by atoms with Gasteiger partial charge in [0.05, 0.1) is 7.11 Å². The molecule has 1 aromatic heterocycles. The van der Waals surface area contributed by atoms with E-state index in [1.54, 1.807) is 31.4 Å². The van der Waals surface area contributed by atoms with Crippen molar-refractivity contribution in [1.82, 2.24) is 9.97 Å². The van der Waals surface area contributed by atoms with E-state index < -0.39 is 11.5 Å². The Labute approximate surface area is 144 Å². The van der Waals surface area contributed by atoms with Crippen LogP contribution >= 0.6 is 11.8 Å². The Morgan fingerprint density at radius 1 is 1.42 bits per heavy atom. The summed E-state index contributed by atoms with van der Waals surface area (Å²) in [6.07, 6.45) is 0.935. The van der Waals surface area contributed by atoms with E-state index in [1.807, 2.05) is 13.8 Å². The number of benzene rings is 1. The minimum absolute atomic E-state index is 0.00795. The van der Waals surface area contributed by atoms with Gasteiger partial charge in [0.25, 0.3) is 11.5 Å². The summed E-state index contributed by atoms with van der Waals surface area (Å²) < 4.78 is 5.04. The van der Waals surface area contributed by atoms with Gasteiger partial charge in [-0.1, -0.05) is 25.6 Å². The van der Waals surface area contributed by atoms with E-state index in [0.29, 0.717) is 21.7 Å². The SMILES string of the molecule is CC[C@@H](C)Sc1nc(N)c(NC(=O)c2ccc(OC)cc2)c(=O)[nH]1. The van der Waals surface area contributed by atoms with Crippen molar-refractivity contribution in [3.8, 4) is 5.75 Å². The number of nitrogens with zero attached hydrogens (tertiary/aromatic N) is 1. The molecule has 0 aliphatic rings. The zero-order chi connectivity index (χ0) is 17.7. The van der Waals surface area contributed by atoms with Crippen molar-refractivity contribution in [2.24, 2.45) is 0 Å². The molecule has 128 valence electrons. The fourth-order valence-electron chi connectivity index (χ4n) is 1.85. The number of hydrogen-bond acceptors (Lipinski definition) is 6. The molecule has 0 spiro atoms. The van der Waals surface area contributed by atoms with Crippen LogP contribution in [0.1, 0.15) is 30.6 Å². The molecule has 0 unspecified atom stereocenters. The summed E-state index contributed by atoms with van der Waals surface area (Å²) >= 11 is 1.43. The molecule has 0 bridgehead atoms. The van der Waals surface area contributed by atoms with Crippen LogP contribution in [0.2, 0.25) is 0 Å². The maximum Gasteiger partial charge on any atom is 0.277 e. The van der Waals surface area contributed by atoms with E-state index in [4.69, 9.17) is 10.5 Å². The maximum absolute atomic E-state index is 12.2. The monoisotopic (exact) mass is 348 g/mol. The highest BCUT2D eigenvalue weighted by Gasteiger charge is 2.15. The lowest BCUT2D eigenvalue weighted by atomic mass is 10.2. The number of aromatic amines is 1. The molecule has 0 saturated heterocycles. The highest BCUT2D eigenvalue weighted by atomic mass is 32.2. The number of hydrogen-bond donors (Lipinski definition) is 3. The van der Waals surface area contributed by atoms with Gasteiger partial charge in [0.1, 0.15) is 11.4 Å². The van der Waals surface area contributed by atoms with Crippen molar-refractivity contribution >= 4 is 29.2 Å². The molecule has 4 N–H and O–H groups in total. The number of carbonyl (C=O) groups is 1. The molecular formula is C16H20N4O3S. The smallest absolute Gasteiger partial charge is 0.277 e. The zero-order valence-electron chi connectivity index (χ0n) is 13.8. The van der Waals surface area contributed by atoms with Crippen LogP contribution in [0.25, 0.3) is 0 Å². The van der Waals surface area contributed by atoms with E-state index in [2.05, 4.69) is 15.3 Å². The van der Waals surface area contributed by atoms with E-state index >= 15 is 0 Å². The van der Waals surface area contributed by atoms with Gasteiger partial charge in [0.15, 0.2) is 11.0 Å². The Bertz CT molecular complexity index is 774. The predicted octanol–water partition coefficient (Wildman–Crippen LogP) is 2.50. The van der Waals surface area contributed by atoms with Crippen LogP contribution in [0, 0.1) is 0 Å². The first-order chi connectivity index (χ1) is 11.4. The Morgan fingerprint density at radius 3 is 2.62 bits per heavy atom. The maximum atomic E-state index is 12.2. The van der Waals surface area contributed by atoms with Crippen LogP contribution in [0.3, 0.4) is 0 Å². The third kappa shape index (κ3) is 4.29. The number of nitrogens with one attached hydrogen (secondary N) is 2. The minimum atomic E-state index is -0.477. The number of anilines is 2. The number of carbonyl (C=O) groups excluding carboxylic acids is 1. The molecule has 2 rings (SSSR count). The van der Waals surface area contributed by atoms with Gasteiger partial charge in [0, 0.05) is 10.8 Å². The highest BCUT2D eigenvalue weighted by Crippen LogP contribution is 2.23. The number of rotatable bonds is 6. The van der Waals surface area contributed by atoms with Gasteiger partial charge < -0.3 is 15.8 Å². The number of ether oxygens (including phenoxy) is 1. The van der Waals surface area contributed by atoms with E-state index in [0.717, 1.165) is 6.42 Å². The van der Waals surface area contributed by atoms with Crippen molar-refractivity contribution in [3.63, 3.8) is 0 Å². The third-order valence-corrected chi connectivity index (χ3v) is 4.56. The van der Waals surface area contributed by atoms with Gasteiger partial charge in [-0.3, -0.25) is 14.6 Å². The first-order valence-corrected chi connectivity index (χ1v) is 8.34. The molecule has 1 heterocycles. The van der Waals surface area contributed by atoms with Gasteiger partial charge in [-0.25, -0.2) is 4.98 Å². The van der Waals surface area contributed by atoms with Crippen molar-refractivity contribution in [1.29, 1.82) is 0 Å². The van der Waals surface area contributed by atoms with Crippen LogP contribution in [-0.2, 0) is 0 Å². The quantitative estimate of drug-likeness (QED) is 0.546. The van der Waals surface area contributed by atoms with Crippen molar-refractivity contribution < 1.29 is 9.53 Å². The summed E-state index contributed by atoms with van der Waals surface area (Å²) in [4.78, 5) is 31.2. The van der Waals surface area contributed by atoms with Crippen molar-refractivity contribution in [3.05, 3.63) is 40.2 Å². The fourth-order valence-corrected chi connectivity index (χ4v) is 2.70. The number of thioether (sulfide) groups is 1. The third-order valence-electron chi connectivity index (χ3n) is 3.40. The highest BCUT2D eigenvalue weighted by molar-refractivity contribution is 7.99. The van der Waals surface area contributed by atoms with Gasteiger partial charge >= 0.3 is 0 Å². The number of nitrogen functional groups attached to an aromatic ring is 1. The summed E-state index contributed by atoms with van der Waals surface area (Å²) in [5.74, 6) is 0.183. The molecule has 1 amide bonds. The minimum Gasteiger partial charge on any atom is -0.497 e. The molecule has 0 aliphatic carbocycles. The van der Waals surface area contributed by atoms with Crippen molar-refractivity contribution in [2.75, 3.05) is 18.2 Å². The lowest BCUT2D eigenvalue weighted by molar-refractivity contribution is 0.102. The van der Waals surface area contributed by atoms with Crippen LogP contribution in [-0.4, -0.2) is 28.2 Å². The average Bonchev–Trinajstić information content (AvgIpc) is 2.58. The molecule has 0 aliphatic heterocycles. The van der Waals surface area contributed by atoms with E-state index in [9.17, 15) is 9.59 Å². The summed E-state index contributed by atoms with van der Waals surface area (Å²) in [5, 5.41) is 3.24. The summed E-state index contributed by atoms with van der Waals surface area (Å²) in [6, 6.07) is 6.51. The second kappa shape index (κ2) is 7.87. The predicted molar refractivity (Wildman–Crippen MR) is 95.8 cm³/mol. The Kier molecular flexibility index (Phi) is 5.86. The normalized spacial score (nSPS) is 11.8. The summed E-state index contributed by atoms with van der Waals surface area (Å²) in [6.45, 7) is 4.07. The van der Waals surface area contributed by atoms with Gasteiger partial charge in [-0.05, 0) is 30.7 Å². The standard InChI is InChI=1S/C16H20N4O3S/c1-4-9(2)24-16-19-13(17)12(15(22)20-16)18-14(21)10-5-7-11(23-3)8-6-10/h5-9H,4H2,1-3H3,(H,18,21)(H3,17,19,20,22)/t9-/m1/s1. The molecule has 1 aromatic carbocycles. The Hall–Kier alpha value is -2.48. The largest absolute Gasteiger partial charge is 0.497 e. The lowest BCUT2D eigenvalue weighted by Crippen LogP contribution is -2.23. The molecule has 0 radical (unpaired) electrons. The zero-order valence-corrected chi connectivity index (χ0v) is 14.6. The van der Waals surface area contributed by atoms with E-state index in [-0.39, 0.29) is 11.5 Å². The van der Waals surface area contributed by atoms with Crippen LogP contribution in [0.5, 0.6) is 5.75 Å². The van der Waals surface area contributed by atoms with Crippen molar-refractivity contribution in [2.45, 2.75) is 30.7 Å². The number of H-pyrrole nitrogens is 1. The molecular weight excluding hydrogens is 328 g/mol. The van der Waals surface area contributed by atoms with Crippen LogP contribution in [0.4, 0.5) is 11.5 Å². The molecule has 1 atom stereocenters. The lowest BCUT2D eigenvalue weighted by Gasteiger charge is -2.10. The Morgan fingerprint density at radius 2 is 2.08 bits per heavy atom. The van der Waals surface area contributed by atoms with E-state index in [1.165, 1.54) is 11.8 Å². The first kappa shape index (κ1) is 17.9. The second-order valence-electron chi connectivity index (χ2n) is 5.15. The molecule has 0 saturated carbocycles. The van der Waals surface area contributed by atoms with Crippen LogP contribution < -0.4 is 21.3 Å². The van der Waals surface area contributed by atoms with Gasteiger partial charge in [-0.15, -0.1) is 0 Å². The van der Waals surface area contributed by atoms with Gasteiger partial charge in [0.2, 0.25) is 0 Å². The molecule has 0 fully saturated rings. The number of aromatic nitrogens is 2. The average molecular weight is 348 g/mol. The first-order valence-electron chi connectivity index (χ1n) is 7.46. The summed E-state index contributed by atoms with van der Waals surface area (Å²) in [5.41, 5.74) is 5.69. The number of nitrogens with two attached hydrogens (primary N) is 1. The topological polar surface area (TPSA) is 110 Å². The molecule has 7 nitrogen and oxygen atoms in total. The second-order valence-corrected chi connectivity index (χ2v) is 6.58. The number of amides is 1. The van der Waals surface area contributed by atoms with Crippen LogP contribution in [0.15, 0.2) is 34.2 Å². The van der Waals surface area contributed by atoms with Gasteiger partial charge in [-0.2, -0.15) is 0 Å². The molecule has 24 heavy (non-hydrogen) atoms.